The second kappa shape index (κ2) is 8.32. The summed E-state index contributed by atoms with van der Waals surface area (Å²) in [5.41, 5.74) is 2.86. The highest BCUT2D eigenvalue weighted by Gasteiger charge is 2.27. The summed E-state index contributed by atoms with van der Waals surface area (Å²) in [5, 5.41) is 8.45. The van der Waals surface area contributed by atoms with Crippen LogP contribution < -0.4 is 9.47 Å². The summed E-state index contributed by atoms with van der Waals surface area (Å²) in [6.45, 7) is 7.36. The first-order valence-corrected chi connectivity index (χ1v) is 10.6. The monoisotopic (exact) mass is 413 g/mol. The van der Waals surface area contributed by atoms with Crippen LogP contribution in [0.25, 0.3) is 0 Å². The smallest absolute Gasteiger partial charge is 0.277 e. The summed E-state index contributed by atoms with van der Waals surface area (Å²) < 4.78 is 19.4. The number of hydrogen-bond donors (Lipinski definition) is 0. The van der Waals surface area contributed by atoms with Crippen molar-refractivity contribution >= 4 is 17.5 Å². The zero-order chi connectivity index (χ0) is 20.4. The molecule has 0 spiro atoms. The van der Waals surface area contributed by atoms with E-state index in [1.54, 1.807) is 0 Å². The Kier molecular flexibility index (Phi) is 5.62. The first-order valence-electron chi connectivity index (χ1n) is 9.61. The van der Waals surface area contributed by atoms with Gasteiger partial charge in [-0.1, -0.05) is 30.8 Å². The Morgan fingerprint density at radius 1 is 1.24 bits per heavy atom. The molecule has 29 heavy (non-hydrogen) atoms. The number of hydrogen-bond acceptors (Lipinski definition) is 7. The SMILES string of the molecule is CCCn1c(C)cc(C(=O)CSc2nnc([C@@H]3COc4ccccc4O3)o2)c1C. The minimum Gasteiger partial charge on any atom is -0.485 e. The Bertz CT molecular complexity index is 1030. The van der Waals surface area contributed by atoms with Crippen molar-refractivity contribution in [2.75, 3.05) is 12.4 Å². The van der Waals surface area contributed by atoms with Crippen LogP contribution in [0.3, 0.4) is 0 Å². The first-order chi connectivity index (χ1) is 14.1. The number of carbonyl (C=O) groups is 1. The third kappa shape index (κ3) is 4.03. The highest BCUT2D eigenvalue weighted by molar-refractivity contribution is 7.99. The van der Waals surface area contributed by atoms with Gasteiger partial charge in [0.15, 0.2) is 17.3 Å². The number of rotatable bonds is 7. The maximum atomic E-state index is 12.7. The van der Waals surface area contributed by atoms with Gasteiger partial charge in [0.2, 0.25) is 6.10 Å². The van der Waals surface area contributed by atoms with Crippen molar-refractivity contribution in [2.45, 2.75) is 45.1 Å². The molecule has 0 unspecified atom stereocenters. The van der Waals surface area contributed by atoms with Crippen molar-refractivity contribution < 1.29 is 18.7 Å². The average Bonchev–Trinajstić information content (AvgIpc) is 3.32. The van der Waals surface area contributed by atoms with Gasteiger partial charge in [0.25, 0.3) is 11.1 Å². The third-order valence-electron chi connectivity index (χ3n) is 4.85. The van der Waals surface area contributed by atoms with E-state index in [4.69, 9.17) is 13.9 Å². The predicted octanol–water partition coefficient (Wildman–Crippen LogP) is 4.39. The van der Waals surface area contributed by atoms with E-state index in [0.29, 0.717) is 29.2 Å². The topological polar surface area (TPSA) is 79.4 Å². The fourth-order valence-electron chi connectivity index (χ4n) is 3.41. The van der Waals surface area contributed by atoms with Crippen LogP contribution in [0.15, 0.2) is 40.0 Å². The highest BCUT2D eigenvalue weighted by Crippen LogP contribution is 2.36. The summed E-state index contributed by atoms with van der Waals surface area (Å²) in [5.74, 6) is 1.98. The molecule has 152 valence electrons. The van der Waals surface area contributed by atoms with Crippen LogP contribution in [0.2, 0.25) is 0 Å². The van der Waals surface area contributed by atoms with E-state index in [1.807, 2.05) is 44.2 Å². The molecule has 4 rings (SSSR count). The molecule has 1 aliphatic heterocycles. The molecule has 3 aromatic rings. The van der Waals surface area contributed by atoms with Gasteiger partial charge in [-0.05, 0) is 38.5 Å². The van der Waals surface area contributed by atoms with Crippen LogP contribution in [0.4, 0.5) is 0 Å². The first kappa shape index (κ1) is 19.6. The molecule has 0 saturated heterocycles. The molecule has 0 amide bonds. The molecule has 0 bridgehead atoms. The van der Waals surface area contributed by atoms with E-state index >= 15 is 0 Å². The number of ketones is 1. The fourth-order valence-corrected chi connectivity index (χ4v) is 4.06. The van der Waals surface area contributed by atoms with Crippen LogP contribution >= 0.6 is 11.8 Å². The number of Topliss-reactive ketones (excluding diaryl/α,β-unsaturated/α-hetero) is 1. The molecule has 2 aromatic heterocycles. The molecule has 1 aliphatic rings. The van der Waals surface area contributed by atoms with Crippen LogP contribution in [-0.4, -0.2) is 32.9 Å². The van der Waals surface area contributed by atoms with Crippen molar-refractivity contribution in [1.82, 2.24) is 14.8 Å². The lowest BCUT2D eigenvalue weighted by Gasteiger charge is -2.23. The summed E-state index contributed by atoms with van der Waals surface area (Å²) in [4.78, 5) is 12.7. The quantitative estimate of drug-likeness (QED) is 0.420. The molecule has 8 heteroatoms. The lowest BCUT2D eigenvalue weighted by molar-refractivity contribution is 0.0686. The number of nitrogens with zero attached hydrogens (tertiary/aromatic N) is 3. The predicted molar refractivity (Wildman–Crippen MR) is 109 cm³/mol. The average molecular weight is 413 g/mol. The van der Waals surface area contributed by atoms with Gasteiger partial charge in [-0.2, -0.15) is 0 Å². The van der Waals surface area contributed by atoms with Gasteiger partial charge in [-0.25, -0.2) is 0 Å². The number of benzene rings is 1. The van der Waals surface area contributed by atoms with Crippen LogP contribution in [0, 0.1) is 13.8 Å². The van der Waals surface area contributed by atoms with Crippen LogP contribution in [0.1, 0.15) is 47.1 Å². The number of fused-ring (bicyclic) bond motifs is 1. The number of thioether (sulfide) groups is 1. The van der Waals surface area contributed by atoms with E-state index in [9.17, 15) is 4.79 Å². The van der Waals surface area contributed by atoms with Gasteiger partial charge in [0.05, 0.1) is 5.75 Å². The molecule has 1 atom stereocenters. The van der Waals surface area contributed by atoms with Crippen molar-refractivity contribution in [2.24, 2.45) is 0 Å². The van der Waals surface area contributed by atoms with Gasteiger partial charge < -0.3 is 18.5 Å². The van der Waals surface area contributed by atoms with Crippen LogP contribution in [-0.2, 0) is 6.54 Å². The normalized spacial score (nSPS) is 15.5. The Hall–Kier alpha value is -2.74. The van der Waals surface area contributed by atoms with Crippen LogP contribution in [0.5, 0.6) is 11.5 Å². The molecule has 0 saturated carbocycles. The van der Waals surface area contributed by atoms with Crippen molar-refractivity contribution in [3.63, 3.8) is 0 Å². The van der Waals surface area contributed by atoms with E-state index < -0.39 is 6.10 Å². The van der Waals surface area contributed by atoms with Crippen molar-refractivity contribution in [1.29, 1.82) is 0 Å². The molecule has 1 aromatic carbocycles. The maximum Gasteiger partial charge on any atom is 0.277 e. The molecule has 0 aliphatic carbocycles. The summed E-state index contributed by atoms with van der Waals surface area (Å²) in [6, 6.07) is 9.41. The zero-order valence-corrected chi connectivity index (χ0v) is 17.5. The van der Waals surface area contributed by atoms with Crippen molar-refractivity contribution in [3.05, 3.63) is 53.2 Å². The molecule has 0 N–H and O–H groups in total. The Labute approximate surface area is 173 Å². The Morgan fingerprint density at radius 3 is 2.83 bits per heavy atom. The van der Waals surface area contributed by atoms with Gasteiger partial charge >= 0.3 is 0 Å². The molecular formula is C21H23N3O4S. The second-order valence-corrected chi connectivity index (χ2v) is 7.85. The number of aromatic nitrogens is 3. The summed E-state index contributed by atoms with van der Waals surface area (Å²) in [7, 11) is 0. The van der Waals surface area contributed by atoms with Gasteiger partial charge in [0.1, 0.15) is 6.61 Å². The maximum absolute atomic E-state index is 12.7. The number of carbonyl (C=O) groups excluding carboxylic acids is 1. The minimum absolute atomic E-state index is 0.0522. The fraction of sp³-hybridized carbons (Fsp3) is 0.381. The van der Waals surface area contributed by atoms with Gasteiger partial charge in [0, 0.05) is 23.5 Å². The molecule has 7 nitrogen and oxygen atoms in total. The third-order valence-corrected chi connectivity index (χ3v) is 5.67. The largest absolute Gasteiger partial charge is 0.485 e. The molecule has 0 radical (unpaired) electrons. The number of aryl methyl sites for hydroxylation is 1. The number of ether oxygens (including phenoxy) is 2. The molecular weight excluding hydrogens is 390 g/mol. The van der Waals surface area contributed by atoms with Gasteiger partial charge in [-0.3, -0.25) is 4.79 Å². The van der Waals surface area contributed by atoms with Crippen molar-refractivity contribution in [3.8, 4) is 11.5 Å². The van der Waals surface area contributed by atoms with Gasteiger partial charge in [-0.15, -0.1) is 10.2 Å². The lowest BCUT2D eigenvalue weighted by Crippen LogP contribution is -2.21. The lowest BCUT2D eigenvalue weighted by atomic mass is 10.2. The minimum atomic E-state index is -0.463. The summed E-state index contributed by atoms with van der Waals surface area (Å²) in [6.07, 6.45) is 0.566. The summed E-state index contributed by atoms with van der Waals surface area (Å²) >= 11 is 1.24. The van der Waals surface area contributed by atoms with E-state index in [1.165, 1.54) is 11.8 Å². The van der Waals surface area contributed by atoms with E-state index in [-0.39, 0.29) is 11.5 Å². The zero-order valence-electron chi connectivity index (χ0n) is 16.7. The van der Waals surface area contributed by atoms with E-state index in [2.05, 4.69) is 21.7 Å². The Morgan fingerprint density at radius 2 is 2.03 bits per heavy atom. The van der Waals surface area contributed by atoms with E-state index in [0.717, 1.165) is 29.9 Å². The highest BCUT2D eigenvalue weighted by atomic mass is 32.2. The molecule has 0 fully saturated rings. The second-order valence-electron chi connectivity index (χ2n) is 6.92. The standard InChI is InChI=1S/C21H23N3O4S/c1-4-9-24-13(2)10-15(14(24)3)16(25)12-29-21-23-22-20(28-21)19-11-26-17-7-5-6-8-18(17)27-19/h5-8,10,19H,4,9,11-12H2,1-3H3/t19-/m0/s1. The Balaban J connectivity index is 1.39. The number of para-hydroxylation sites is 2. The molecule has 3 heterocycles.